The minimum atomic E-state index is -0.938. The van der Waals surface area contributed by atoms with Gasteiger partial charge in [-0.3, -0.25) is 14.7 Å². The molecule has 0 spiro atoms. The molecule has 1 aliphatic rings. The highest BCUT2D eigenvalue weighted by Gasteiger charge is 2.27. The summed E-state index contributed by atoms with van der Waals surface area (Å²) in [5, 5.41) is 17.1. The lowest BCUT2D eigenvalue weighted by molar-refractivity contribution is -0.144. The summed E-state index contributed by atoms with van der Waals surface area (Å²) in [5.41, 5.74) is 1.56. The molecule has 1 fully saturated rings. The van der Waals surface area contributed by atoms with Crippen LogP contribution < -0.4 is 0 Å². The summed E-state index contributed by atoms with van der Waals surface area (Å²) in [4.78, 5) is 25.1. The number of nitrogens with one attached hydrogen (secondary N) is 1. The fraction of sp³-hybridized carbons (Fsp3) is 0.400. The van der Waals surface area contributed by atoms with Crippen LogP contribution in [-0.4, -0.2) is 58.4 Å². The maximum Gasteiger partial charge on any atom is 0.310 e. The van der Waals surface area contributed by atoms with Gasteiger partial charge >= 0.3 is 5.97 Å². The number of rotatable bonds is 3. The Hall–Kier alpha value is -2.41. The number of aliphatic carboxylic acids is 1. The highest BCUT2D eigenvalue weighted by Crippen LogP contribution is 2.17. The number of hydrogen-bond donors (Lipinski definition) is 2. The Bertz CT molecular complexity index is 697. The second-order valence-electron chi connectivity index (χ2n) is 5.35. The topological polar surface area (TPSA) is 95.5 Å². The Kier molecular flexibility index (Phi) is 4.06. The van der Waals surface area contributed by atoms with Crippen molar-refractivity contribution in [2.24, 2.45) is 5.92 Å². The highest BCUT2D eigenvalue weighted by molar-refractivity contribution is 5.87. The average molecular weight is 303 g/mol. The van der Waals surface area contributed by atoms with Crippen molar-refractivity contribution in [3.05, 3.63) is 30.0 Å². The van der Waals surface area contributed by atoms with E-state index in [1.54, 1.807) is 4.90 Å². The molecule has 1 saturated heterocycles. The maximum atomic E-state index is 12.5. The van der Waals surface area contributed by atoms with E-state index in [1.165, 1.54) is 0 Å². The van der Waals surface area contributed by atoms with Gasteiger partial charge < -0.3 is 14.7 Å². The van der Waals surface area contributed by atoms with E-state index in [0.717, 1.165) is 16.6 Å². The van der Waals surface area contributed by atoms with Crippen LogP contribution in [0.15, 0.2) is 24.3 Å². The maximum absolute atomic E-state index is 12.5. The smallest absolute Gasteiger partial charge is 0.310 e. The van der Waals surface area contributed by atoms with Gasteiger partial charge in [0.15, 0.2) is 0 Å². The van der Waals surface area contributed by atoms with Crippen molar-refractivity contribution < 1.29 is 19.4 Å². The number of fused-ring (bicyclic) bond motifs is 1. The van der Waals surface area contributed by atoms with Crippen LogP contribution in [0.3, 0.4) is 0 Å². The first-order valence-corrected chi connectivity index (χ1v) is 7.15. The molecule has 7 nitrogen and oxygen atoms in total. The number of carboxylic acid groups (broad SMARTS) is 1. The minimum Gasteiger partial charge on any atom is -0.481 e. The standard InChI is InChI=1S/C15H17N3O4/c19-14(18-5-6-22-9-10(8-18)15(20)21)7-13-11-3-1-2-4-12(11)16-17-13/h1-4,10H,5-9H2,(H,16,17)(H,20,21). The summed E-state index contributed by atoms with van der Waals surface area (Å²) >= 11 is 0. The number of carbonyl (C=O) groups is 2. The normalized spacial score (nSPS) is 19.1. The Labute approximate surface area is 126 Å². The number of carbonyl (C=O) groups excluding carboxylic acids is 1. The Morgan fingerprint density at radius 1 is 1.41 bits per heavy atom. The molecule has 2 N–H and O–H groups in total. The first-order valence-electron chi connectivity index (χ1n) is 7.15. The molecule has 1 unspecified atom stereocenters. The fourth-order valence-electron chi connectivity index (χ4n) is 2.60. The number of aromatic amines is 1. The quantitative estimate of drug-likeness (QED) is 0.868. The lowest BCUT2D eigenvalue weighted by atomic mass is 10.1. The zero-order chi connectivity index (χ0) is 15.5. The van der Waals surface area contributed by atoms with Crippen LogP contribution >= 0.6 is 0 Å². The third-order valence-corrected chi connectivity index (χ3v) is 3.84. The van der Waals surface area contributed by atoms with Crippen LogP contribution in [0.4, 0.5) is 0 Å². The molecular formula is C15H17N3O4. The molecule has 0 radical (unpaired) electrons. The number of amides is 1. The second kappa shape index (κ2) is 6.15. The Morgan fingerprint density at radius 2 is 2.23 bits per heavy atom. The van der Waals surface area contributed by atoms with Gasteiger partial charge in [0.2, 0.25) is 5.91 Å². The molecule has 1 aromatic heterocycles. The van der Waals surface area contributed by atoms with Gasteiger partial charge in [0.25, 0.3) is 0 Å². The zero-order valence-electron chi connectivity index (χ0n) is 12.0. The number of ether oxygens (including phenoxy) is 1. The van der Waals surface area contributed by atoms with E-state index in [9.17, 15) is 9.59 Å². The van der Waals surface area contributed by atoms with Crippen LogP contribution in [-0.2, 0) is 20.7 Å². The van der Waals surface area contributed by atoms with Crippen molar-refractivity contribution in [2.45, 2.75) is 6.42 Å². The number of nitrogens with zero attached hydrogens (tertiary/aromatic N) is 2. The molecule has 2 aromatic rings. The van der Waals surface area contributed by atoms with E-state index in [0.29, 0.717) is 13.2 Å². The van der Waals surface area contributed by atoms with Crippen molar-refractivity contribution in [3.8, 4) is 0 Å². The predicted octanol–water partition coefficient (Wildman–Crippen LogP) is 0.665. The molecule has 7 heteroatoms. The lowest BCUT2D eigenvalue weighted by Gasteiger charge is -2.21. The summed E-state index contributed by atoms with van der Waals surface area (Å²) in [6, 6.07) is 7.57. The molecule has 0 saturated carbocycles. The van der Waals surface area contributed by atoms with Gasteiger partial charge in [-0.2, -0.15) is 5.10 Å². The summed E-state index contributed by atoms with van der Waals surface area (Å²) in [5.74, 6) is -1.73. The predicted molar refractivity (Wildman–Crippen MR) is 78.3 cm³/mol. The van der Waals surface area contributed by atoms with Crippen LogP contribution in [0.2, 0.25) is 0 Å². The van der Waals surface area contributed by atoms with E-state index < -0.39 is 11.9 Å². The van der Waals surface area contributed by atoms with Crippen molar-refractivity contribution in [3.63, 3.8) is 0 Å². The van der Waals surface area contributed by atoms with Gasteiger partial charge in [-0.1, -0.05) is 18.2 Å². The number of para-hydroxylation sites is 1. The number of hydrogen-bond acceptors (Lipinski definition) is 4. The summed E-state index contributed by atoms with van der Waals surface area (Å²) < 4.78 is 5.26. The molecule has 0 aliphatic carbocycles. The van der Waals surface area contributed by atoms with Crippen LogP contribution in [0, 0.1) is 5.92 Å². The Balaban J connectivity index is 1.74. The first kappa shape index (κ1) is 14.5. The molecule has 0 bridgehead atoms. The van der Waals surface area contributed by atoms with Crippen LogP contribution in [0.1, 0.15) is 5.69 Å². The molecule has 1 aliphatic heterocycles. The number of benzene rings is 1. The fourth-order valence-corrected chi connectivity index (χ4v) is 2.60. The van der Waals surface area contributed by atoms with Gasteiger partial charge in [0, 0.05) is 18.5 Å². The SMILES string of the molecule is O=C(O)C1COCCN(C(=O)Cc2[nH]nc3ccccc23)C1. The van der Waals surface area contributed by atoms with Gasteiger partial charge in [-0.05, 0) is 6.07 Å². The molecular weight excluding hydrogens is 286 g/mol. The summed E-state index contributed by atoms with van der Waals surface area (Å²) in [6.45, 7) is 1.10. The van der Waals surface area contributed by atoms with Gasteiger partial charge in [0.1, 0.15) is 0 Å². The largest absolute Gasteiger partial charge is 0.481 e. The zero-order valence-corrected chi connectivity index (χ0v) is 12.0. The van der Waals surface area contributed by atoms with Crippen LogP contribution in [0.25, 0.3) is 10.9 Å². The van der Waals surface area contributed by atoms with E-state index in [2.05, 4.69) is 10.2 Å². The molecule has 116 valence electrons. The van der Waals surface area contributed by atoms with Gasteiger partial charge in [-0.15, -0.1) is 0 Å². The number of H-pyrrole nitrogens is 1. The molecule has 1 aromatic carbocycles. The molecule has 3 rings (SSSR count). The van der Waals surface area contributed by atoms with Gasteiger partial charge in [-0.25, -0.2) is 0 Å². The van der Waals surface area contributed by atoms with Crippen molar-refractivity contribution >= 4 is 22.8 Å². The lowest BCUT2D eigenvalue weighted by Crippen LogP contribution is -2.39. The van der Waals surface area contributed by atoms with Crippen molar-refractivity contribution in [1.29, 1.82) is 0 Å². The van der Waals surface area contributed by atoms with Crippen molar-refractivity contribution in [2.75, 3.05) is 26.3 Å². The van der Waals surface area contributed by atoms with E-state index in [4.69, 9.17) is 9.84 Å². The molecule has 1 amide bonds. The average Bonchev–Trinajstić information content (AvgIpc) is 2.75. The van der Waals surface area contributed by atoms with E-state index >= 15 is 0 Å². The molecule has 1 atom stereocenters. The monoisotopic (exact) mass is 303 g/mol. The Morgan fingerprint density at radius 3 is 3.05 bits per heavy atom. The number of aromatic nitrogens is 2. The highest BCUT2D eigenvalue weighted by atomic mass is 16.5. The van der Waals surface area contributed by atoms with Gasteiger partial charge in [0.05, 0.1) is 36.8 Å². The molecule has 2 heterocycles. The third kappa shape index (κ3) is 2.94. The molecule has 22 heavy (non-hydrogen) atoms. The minimum absolute atomic E-state index is 0.119. The first-order chi connectivity index (χ1) is 10.6. The summed E-state index contributed by atoms with van der Waals surface area (Å²) in [6.07, 6.45) is 0.173. The van der Waals surface area contributed by atoms with E-state index in [1.807, 2.05) is 24.3 Å². The number of carboxylic acids is 1. The second-order valence-corrected chi connectivity index (χ2v) is 5.35. The van der Waals surface area contributed by atoms with E-state index in [-0.39, 0.29) is 25.5 Å². The third-order valence-electron chi connectivity index (χ3n) is 3.84. The van der Waals surface area contributed by atoms with Crippen molar-refractivity contribution in [1.82, 2.24) is 15.1 Å². The van der Waals surface area contributed by atoms with Crippen LogP contribution in [0.5, 0.6) is 0 Å². The summed E-state index contributed by atoms with van der Waals surface area (Å²) in [7, 11) is 0.